The number of aryl methyl sites for hydroxylation is 1. The molecule has 0 amide bonds. The van der Waals surface area contributed by atoms with E-state index < -0.39 is 0 Å². The molecule has 1 N–H and O–H groups in total. The third-order valence-electron chi connectivity index (χ3n) is 6.89. The first-order chi connectivity index (χ1) is 15.1. The summed E-state index contributed by atoms with van der Waals surface area (Å²) in [6, 6.07) is 13.8. The Kier molecular flexibility index (Phi) is 6.02. The third kappa shape index (κ3) is 4.00. The Morgan fingerprint density at radius 3 is 2.68 bits per heavy atom. The fourth-order valence-electron chi connectivity index (χ4n) is 5.35. The van der Waals surface area contributed by atoms with Crippen molar-refractivity contribution in [2.45, 2.75) is 31.3 Å². The Hall–Kier alpha value is -1.92. The summed E-state index contributed by atoms with van der Waals surface area (Å²) < 4.78 is 22.5. The molecule has 2 saturated heterocycles. The highest BCUT2D eigenvalue weighted by molar-refractivity contribution is 6.31. The molecule has 0 saturated carbocycles. The summed E-state index contributed by atoms with van der Waals surface area (Å²) in [7, 11) is 2.16. The maximum absolute atomic E-state index is 14.4. The minimum absolute atomic E-state index is 0.175. The van der Waals surface area contributed by atoms with E-state index in [-0.39, 0.29) is 17.8 Å². The van der Waals surface area contributed by atoms with E-state index in [9.17, 15) is 4.39 Å². The molecule has 5 rings (SSSR count). The van der Waals surface area contributed by atoms with Gasteiger partial charge >= 0.3 is 0 Å². The summed E-state index contributed by atoms with van der Waals surface area (Å²) in [6.07, 6.45) is 1.84. The van der Waals surface area contributed by atoms with Gasteiger partial charge in [-0.05, 0) is 55.6 Å². The van der Waals surface area contributed by atoms with Crippen molar-refractivity contribution in [3.8, 4) is 0 Å². The summed E-state index contributed by atoms with van der Waals surface area (Å²) in [5, 5.41) is 5.50. The van der Waals surface area contributed by atoms with E-state index >= 15 is 0 Å². The third-order valence-corrected chi connectivity index (χ3v) is 7.22. The molecule has 1 unspecified atom stereocenters. The van der Waals surface area contributed by atoms with Gasteiger partial charge in [-0.15, -0.1) is 0 Å². The molecule has 0 bridgehead atoms. The van der Waals surface area contributed by atoms with Crippen molar-refractivity contribution < 1.29 is 9.13 Å². The van der Waals surface area contributed by atoms with E-state index in [2.05, 4.69) is 46.1 Å². The largest absolute Gasteiger partial charge is 0.378 e. The molecule has 0 aliphatic carbocycles. The number of ether oxygens (including phenoxy) is 1. The molecule has 31 heavy (non-hydrogen) atoms. The van der Waals surface area contributed by atoms with E-state index in [1.807, 2.05) is 0 Å². The number of para-hydroxylation sites is 1. The van der Waals surface area contributed by atoms with Crippen LogP contribution in [-0.2, 0) is 18.3 Å². The van der Waals surface area contributed by atoms with Gasteiger partial charge in [-0.2, -0.15) is 0 Å². The van der Waals surface area contributed by atoms with Crippen molar-refractivity contribution >= 4 is 22.5 Å². The normalized spacial score (nSPS) is 21.1. The van der Waals surface area contributed by atoms with Gasteiger partial charge in [-0.3, -0.25) is 4.90 Å². The van der Waals surface area contributed by atoms with Crippen LogP contribution in [0, 0.1) is 5.82 Å². The standard InChI is InChI=1S/C25H29ClFN3O/c1-29-23-8-3-2-5-18(23)19(25(29)22-16-31-14-11-28-22)15-30-12-9-17(10-13-30)24-20(26)6-4-7-21(24)27/h2-8,17,22,28H,9-16H2,1H3. The van der Waals surface area contributed by atoms with Crippen molar-refractivity contribution in [1.82, 2.24) is 14.8 Å². The predicted octanol–water partition coefficient (Wildman–Crippen LogP) is 5.01. The number of aromatic nitrogens is 1. The fraction of sp³-hybridized carbons (Fsp3) is 0.440. The van der Waals surface area contributed by atoms with E-state index in [4.69, 9.17) is 16.3 Å². The lowest BCUT2D eigenvalue weighted by molar-refractivity contribution is 0.0742. The van der Waals surface area contributed by atoms with Crippen molar-refractivity contribution in [3.63, 3.8) is 0 Å². The first-order valence-electron chi connectivity index (χ1n) is 11.2. The Balaban J connectivity index is 1.39. The maximum atomic E-state index is 14.4. The minimum Gasteiger partial charge on any atom is -0.378 e. The molecule has 0 radical (unpaired) electrons. The Morgan fingerprint density at radius 1 is 1.13 bits per heavy atom. The number of hydrogen-bond acceptors (Lipinski definition) is 3. The van der Waals surface area contributed by atoms with Gasteiger partial charge in [0.05, 0.1) is 19.3 Å². The lowest BCUT2D eigenvalue weighted by atomic mass is 9.88. The topological polar surface area (TPSA) is 29.4 Å². The van der Waals surface area contributed by atoms with E-state index in [0.29, 0.717) is 17.2 Å². The number of halogens is 2. The molecule has 2 aromatic carbocycles. The Morgan fingerprint density at radius 2 is 1.94 bits per heavy atom. The molecule has 6 heteroatoms. The lowest BCUT2D eigenvalue weighted by Gasteiger charge is -2.33. The molecule has 2 fully saturated rings. The first kappa shape index (κ1) is 21.0. The van der Waals surface area contributed by atoms with Crippen molar-refractivity contribution in [1.29, 1.82) is 0 Å². The highest BCUT2D eigenvalue weighted by Crippen LogP contribution is 2.37. The van der Waals surface area contributed by atoms with Crippen LogP contribution in [0.15, 0.2) is 42.5 Å². The molecule has 3 aromatic rings. The van der Waals surface area contributed by atoms with Crippen LogP contribution < -0.4 is 5.32 Å². The Bertz CT molecular complexity index is 1050. The van der Waals surface area contributed by atoms with Gasteiger partial charge in [0.2, 0.25) is 0 Å². The summed E-state index contributed by atoms with van der Waals surface area (Å²) in [5.41, 5.74) is 4.65. The summed E-state index contributed by atoms with van der Waals surface area (Å²) >= 11 is 6.33. The van der Waals surface area contributed by atoms with Crippen LogP contribution in [0.3, 0.4) is 0 Å². The number of benzene rings is 2. The zero-order chi connectivity index (χ0) is 21.4. The predicted molar refractivity (Wildman–Crippen MR) is 123 cm³/mol. The second-order valence-corrected chi connectivity index (χ2v) is 9.11. The average molecular weight is 442 g/mol. The van der Waals surface area contributed by atoms with Gasteiger partial charge < -0.3 is 14.6 Å². The van der Waals surface area contributed by atoms with Gasteiger partial charge in [0, 0.05) is 47.3 Å². The molecular formula is C25H29ClFN3O. The van der Waals surface area contributed by atoms with Gasteiger partial charge in [0.15, 0.2) is 0 Å². The van der Waals surface area contributed by atoms with Gasteiger partial charge in [0.1, 0.15) is 5.82 Å². The minimum atomic E-state index is -0.175. The van der Waals surface area contributed by atoms with Crippen LogP contribution in [0.1, 0.15) is 41.6 Å². The zero-order valence-electron chi connectivity index (χ0n) is 17.9. The number of fused-ring (bicyclic) bond motifs is 1. The van der Waals surface area contributed by atoms with Gasteiger partial charge in [-0.1, -0.05) is 35.9 Å². The monoisotopic (exact) mass is 441 g/mol. The van der Waals surface area contributed by atoms with E-state index in [1.165, 1.54) is 28.2 Å². The van der Waals surface area contributed by atoms with Crippen LogP contribution in [0.25, 0.3) is 10.9 Å². The maximum Gasteiger partial charge on any atom is 0.128 e. The first-order valence-corrected chi connectivity index (χ1v) is 11.5. The van der Waals surface area contributed by atoms with Crippen LogP contribution in [-0.4, -0.2) is 42.3 Å². The molecule has 164 valence electrons. The molecule has 0 spiro atoms. The quantitative estimate of drug-likeness (QED) is 0.617. The smallest absolute Gasteiger partial charge is 0.128 e. The SMILES string of the molecule is Cn1c(C2COCCN2)c(CN2CCC(c3c(F)cccc3Cl)CC2)c2ccccc21. The molecular weight excluding hydrogens is 413 g/mol. The number of morpholine rings is 1. The second kappa shape index (κ2) is 8.91. The number of nitrogens with zero attached hydrogens (tertiary/aromatic N) is 2. The summed E-state index contributed by atoms with van der Waals surface area (Å²) in [6.45, 7) is 5.11. The van der Waals surface area contributed by atoms with Crippen LogP contribution >= 0.6 is 11.6 Å². The molecule has 2 aliphatic rings. The number of piperidine rings is 1. The number of nitrogens with one attached hydrogen (secondary N) is 1. The highest BCUT2D eigenvalue weighted by Gasteiger charge is 2.28. The molecule has 4 nitrogen and oxygen atoms in total. The molecule has 3 heterocycles. The zero-order valence-corrected chi connectivity index (χ0v) is 18.7. The van der Waals surface area contributed by atoms with Crippen molar-refractivity contribution in [3.05, 3.63) is 70.1 Å². The van der Waals surface area contributed by atoms with E-state index in [1.54, 1.807) is 12.1 Å². The van der Waals surface area contributed by atoms with Gasteiger partial charge in [0.25, 0.3) is 0 Å². The lowest BCUT2D eigenvalue weighted by Crippen LogP contribution is -2.37. The number of hydrogen-bond donors (Lipinski definition) is 1. The average Bonchev–Trinajstić information content (AvgIpc) is 3.07. The van der Waals surface area contributed by atoms with Crippen LogP contribution in [0.4, 0.5) is 4.39 Å². The van der Waals surface area contributed by atoms with Crippen LogP contribution in [0.5, 0.6) is 0 Å². The fourth-order valence-corrected chi connectivity index (χ4v) is 5.66. The van der Waals surface area contributed by atoms with Gasteiger partial charge in [-0.25, -0.2) is 4.39 Å². The molecule has 1 aromatic heterocycles. The highest BCUT2D eigenvalue weighted by atomic mass is 35.5. The summed E-state index contributed by atoms with van der Waals surface area (Å²) in [5.74, 6) is 0.0102. The van der Waals surface area contributed by atoms with Crippen LogP contribution in [0.2, 0.25) is 5.02 Å². The second-order valence-electron chi connectivity index (χ2n) is 8.71. The van der Waals surface area contributed by atoms with E-state index in [0.717, 1.165) is 45.6 Å². The number of likely N-dealkylation sites (tertiary alicyclic amines) is 1. The van der Waals surface area contributed by atoms with Crippen molar-refractivity contribution in [2.75, 3.05) is 32.8 Å². The Labute approximate surface area is 187 Å². The number of rotatable bonds is 4. The molecule has 2 aliphatic heterocycles. The summed E-state index contributed by atoms with van der Waals surface area (Å²) in [4.78, 5) is 2.50. The van der Waals surface area contributed by atoms with Crippen molar-refractivity contribution in [2.24, 2.45) is 7.05 Å². The molecule has 1 atom stereocenters.